The van der Waals surface area contributed by atoms with E-state index in [2.05, 4.69) is 29.1 Å². The van der Waals surface area contributed by atoms with Gasteiger partial charge in [-0.3, -0.25) is 0 Å². The maximum Gasteiger partial charge on any atom is 0.120 e. The molecule has 1 rings (SSSR count). The Balaban J connectivity index is 1.90. The minimum atomic E-state index is 0.333. The fourth-order valence-electron chi connectivity index (χ4n) is 1.12. The molecule has 4 heteroatoms. The summed E-state index contributed by atoms with van der Waals surface area (Å²) in [5.41, 5.74) is 0. The van der Waals surface area contributed by atoms with Crippen LogP contribution in [-0.2, 0) is 11.3 Å². The third kappa shape index (κ3) is 4.99. The summed E-state index contributed by atoms with van der Waals surface area (Å²) >= 11 is 0. The molecule has 2 N–H and O–H groups in total. The van der Waals surface area contributed by atoms with Gasteiger partial charge in [-0.1, -0.05) is 0 Å². The quantitative estimate of drug-likeness (QED) is 0.648. The van der Waals surface area contributed by atoms with Crippen molar-refractivity contribution in [2.75, 3.05) is 13.2 Å². The number of imidazole rings is 1. The van der Waals surface area contributed by atoms with E-state index in [-0.39, 0.29) is 0 Å². The van der Waals surface area contributed by atoms with Crippen LogP contribution in [0.4, 0.5) is 0 Å². The van der Waals surface area contributed by atoms with Gasteiger partial charge in [0.1, 0.15) is 5.82 Å². The molecule has 0 bridgehead atoms. The highest BCUT2D eigenvalue weighted by Crippen LogP contribution is 1.90. The van der Waals surface area contributed by atoms with Crippen LogP contribution in [0.3, 0.4) is 0 Å². The highest BCUT2D eigenvalue weighted by atomic mass is 16.5. The molecule has 0 aliphatic rings. The summed E-state index contributed by atoms with van der Waals surface area (Å²) in [5, 5.41) is 3.29. The number of nitrogens with one attached hydrogen (secondary N) is 2. The first-order valence-electron chi connectivity index (χ1n) is 5.09. The van der Waals surface area contributed by atoms with Crippen LogP contribution in [-0.4, -0.2) is 29.2 Å². The molecule has 0 fully saturated rings. The first-order chi connectivity index (χ1) is 6.79. The van der Waals surface area contributed by atoms with Gasteiger partial charge < -0.3 is 15.0 Å². The van der Waals surface area contributed by atoms with Gasteiger partial charge in [0.25, 0.3) is 0 Å². The lowest BCUT2D eigenvalue weighted by atomic mass is 10.4. The summed E-state index contributed by atoms with van der Waals surface area (Å²) in [6, 6.07) is 0. The second-order valence-electron chi connectivity index (χ2n) is 3.49. The fourth-order valence-corrected chi connectivity index (χ4v) is 1.12. The molecule has 4 nitrogen and oxygen atoms in total. The van der Waals surface area contributed by atoms with Crippen LogP contribution in [0, 0.1) is 0 Å². The third-order valence-corrected chi connectivity index (χ3v) is 1.80. The molecule has 1 aromatic rings. The summed E-state index contributed by atoms with van der Waals surface area (Å²) in [6.07, 6.45) is 4.97. The predicted octanol–water partition coefficient (Wildman–Crippen LogP) is 1.31. The van der Waals surface area contributed by atoms with Crippen molar-refractivity contribution in [2.45, 2.75) is 32.9 Å². The lowest BCUT2D eigenvalue weighted by molar-refractivity contribution is 0.0770. The summed E-state index contributed by atoms with van der Waals surface area (Å²) < 4.78 is 5.42. The number of H-pyrrole nitrogens is 1. The number of hydrogen-bond acceptors (Lipinski definition) is 3. The standard InChI is InChI=1S/C10H19N3O/c1-9(2)14-7-3-4-11-8-10-12-5-6-13-10/h5-6,9,11H,3-4,7-8H2,1-2H3,(H,12,13). The Hall–Kier alpha value is -0.870. The van der Waals surface area contributed by atoms with Crippen LogP contribution in [0.2, 0.25) is 0 Å². The monoisotopic (exact) mass is 197 g/mol. The Labute approximate surface area is 85.1 Å². The smallest absolute Gasteiger partial charge is 0.120 e. The van der Waals surface area contributed by atoms with Crippen molar-refractivity contribution < 1.29 is 4.74 Å². The van der Waals surface area contributed by atoms with E-state index in [9.17, 15) is 0 Å². The van der Waals surface area contributed by atoms with E-state index in [0.29, 0.717) is 6.10 Å². The number of aromatic nitrogens is 2. The van der Waals surface area contributed by atoms with E-state index in [1.54, 1.807) is 6.20 Å². The van der Waals surface area contributed by atoms with Crippen LogP contribution in [0.1, 0.15) is 26.1 Å². The lowest BCUT2D eigenvalue weighted by Crippen LogP contribution is -2.18. The normalized spacial score (nSPS) is 11.1. The molecule has 1 aromatic heterocycles. The molecule has 0 amide bonds. The van der Waals surface area contributed by atoms with Gasteiger partial charge in [-0.25, -0.2) is 4.98 Å². The van der Waals surface area contributed by atoms with Gasteiger partial charge in [0.2, 0.25) is 0 Å². The number of aromatic amines is 1. The zero-order valence-electron chi connectivity index (χ0n) is 8.92. The van der Waals surface area contributed by atoms with Crippen molar-refractivity contribution >= 4 is 0 Å². The Morgan fingerprint density at radius 1 is 1.57 bits per heavy atom. The van der Waals surface area contributed by atoms with E-state index in [1.165, 1.54) is 0 Å². The highest BCUT2D eigenvalue weighted by molar-refractivity contribution is 4.85. The average Bonchev–Trinajstić information content (AvgIpc) is 2.63. The molecule has 0 aliphatic carbocycles. The maximum atomic E-state index is 5.42. The van der Waals surface area contributed by atoms with Gasteiger partial charge in [0, 0.05) is 19.0 Å². The van der Waals surface area contributed by atoms with Crippen molar-refractivity contribution in [3.63, 3.8) is 0 Å². The predicted molar refractivity (Wildman–Crippen MR) is 56.0 cm³/mol. The first kappa shape index (κ1) is 11.2. The van der Waals surface area contributed by atoms with Crippen LogP contribution in [0.25, 0.3) is 0 Å². The molecular formula is C10H19N3O. The second-order valence-corrected chi connectivity index (χ2v) is 3.49. The molecular weight excluding hydrogens is 178 g/mol. The van der Waals surface area contributed by atoms with Crippen molar-refractivity contribution in [1.29, 1.82) is 0 Å². The van der Waals surface area contributed by atoms with Gasteiger partial charge in [0.15, 0.2) is 0 Å². The molecule has 0 radical (unpaired) electrons. The molecule has 14 heavy (non-hydrogen) atoms. The zero-order chi connectivity index (χ0) is 10.2. The summed E-state index contributed by atoms with van der Waals surface area (Å²) in [5.74, 6) is 0.981. The fraction of sp³-hybridized carbons (Fsp3) is 0.700. The van der Waals surface area contributed by atoms with Crippen molar-refractivity contribution in [3.8, 4) is 0 Å². The lowest BCUT2D eigenvalue weighted by Gasteiger charge is -2.07. The van der Waals surface area contributed by atoms with E-state index in [0.717, 1.165) is 31.9 Å². The van der Waals surface area contributed by atoms with Gasteiger partial charge >= 0.3 is 0 Å². The average molecular weight is 197 g/mol. The molecule has 0 aliphatic heterocycles. The number of nitrogens with zero attached hydrogens (tertiary/aromatic N) is 1. The van der Waals surface area contributed by atoms with Crippen molar-refractivity contribution in [1.82, 2.24) is 15.3 Å². The highest BCUT2D eigenvalue weighted by Gasteiger charge is 1.94. The number of ether oxygens (including phenoxy) is 1. The van der Waals surface area contributed by atoms with E-state index in [1.807, 2.05) is 6.20 Å². The van der Waals surface area contributed by atoms with Gasteiger partial charge in [0.05, 0.1) is 12.6 Å². The summed E-state index contributed by atoms with van der Waals surface area (Å²) in [4.78, 5) is 7.15. The summed E-state index contributed by atoms with van der Waals surface area (Å²) in [7, 11) is 0. The van der Waals surface area contributed by atoms with Crippen molar-refractivity contribution in [2.24, 2.45) is 0 Å². The Morgan fingerprint density at radius 3 is 3.07 bits per heavy atom. The van der Waals surface area contributed by atoms with Gasteiger partial charge in [-0.05, 0) is 26.8 Å². The SMILES string of the molecule is CC(C)OCCCNCc1ncc[nH]1. The Kier molecular flexibility index (Phi) is 5.25. The van der Waals surface area contributed by atoms with Crippen LogP contribution < -0.4 is 5.32 Å². The van der Waals surface area contributed by atoms with Gasteiger partial charge in [-0.2, -0.15) is 0 Å². The Morgan fingerprint density at radius 2 is 2.43 bits per heavy atom. The molecule has 0 saturated heterocycles. The minimum absolute atomic E-state index is 0.333. The van der Waals surface area contributed by atoms with Crippen LogP contribution in [0.5, 0.6) is 0 Å². The van der Waals surface area contributed by atoms with Gasteiger partial charge in [-0.15, -0.1) is 0 Å². The Bertz CT molecular complexity index is 221. The molecule has 0 aromatic carbocycles. The van der Waals surface area contributed by atoms with E-state index in [4.69, 9.17) is 4.74 Å². The van der Waals surface area contributed by atoms with E-state index >= 15 is 0 Å². The second kappa shape index (κ2) is 6.56. The number of hydrogen-bond donors (Lipinski definition) is 2. The zero-order valence-corrected chi connectivity index (χ0v) is 8.92. The van der Waals surface area contributed by atoms with E-state index < -0.39 is 0 Å². The molecule has 0 unspecified atom stereocenters. The first-order valence-corrected chi connectivity index (χ1v) is 5.09. The molecule has 0 saturated carbocycles. The van der Waals surface area contributed by atoms with Crippen LogP contribution in [0.15, 0.2) is 12.4 Å². The maximum absolute atomic E-state index is 5.42. The molecule has 80 valence electrons. The largest absolute Gasteiger partial charge is 0.379 e. The molecule has 0 atom stereocenters. The number of rotatable bonds is 7. The summed E-state index contributed by atoms with van der Waals surface area (Å²) in [6.45, 7) is 6.69. The third-order valence-electron chi connectivity index (χ3n) is 1.80. The molecule has 1 heterocycles. The van der Waals surface area contributed by atoms with Crippen molar-refractivity contribution in [3.05, 3.63) is 18.2 Å². The molecule has 0 spiro atoms. The topological polar surface area (TPSA) is 49.9 Å². The van der Waals surface area contributed by atoms with Crippen LogP contribution >= 0.6 is 0 Å². The minimum Gasteiger partial charge on any atom is -0.379 e.